The quantitative estimate of drug-likeness (QED) is 0.402. The maximum atomic E-state index is 9.50. The van der Waals surface area contributed by atoms with Crippen LogP contribution in [0.4, 0.5) is 0 Å². The summed E-state index contributed by atoms with van der Waals surface area (Å²) < 4.78 is 1.10. The molecular weight excluding hydrogens is 414 g/mol. The first-order chi connectivity index (χ1) is 12.1. The Morgan fingerprint density at radius 1 is 0.846 bits per heavy atom. The molecule has 26 heavy (non-hydrogen) atoms. The number of hydrogen-bond acceptors (Lipinski definition) is 3. The molecular formula is C21H21BrClNO2. The summed E-state index contributed by atoms with van der Waals surface area (Å²) in [6.45, 7) is 2.19. The zero-order chi connectivity index (χ0) is 17.6. The lowest BCUT2D eigenvalue weighted by molar-refractivity contribution is 0.103. The predicted octanol–water partition coefficient (Wildman–Crippen LogP) is 4.60. The molecule has 136 valence electrons. The Labute approximate surface area is 166 Å². The van der Waals surface area contributed by atoms with Crippen molar-refractivity contribution >= 4 is 60.7 Å². The van der Waals surface area contributed by atoms with Crippen molar-refractivity contribution in [2.45, 2.75) is 19.0 Å². The summed E-state index contributed by atoms with van der Waals surface area (Å²) in [5.74, 6) is 0. The Hall–Kier alpha value is -1.43. The summed E-state index contributed by atoms with van der Waals surface area (Å²) in [5.41, 5.74) is 0.475. The SMILES string of the molecule is CC(CO)(CO)NCc1ccc2ccc3c(Br)ccc4ccc1c2c43.Cl. The lowest BCUT2D eigenvalue weighted by atomic mass is 9.91. The molecule has 0 aromatic heterocycles. The zero-order valence-electron chi connectivity index (χ0n) is 14.4. The summed E-state index contributed by atoms with van der Waals surface area (Å²) in [5, 5.41) is 29.7. The van der Waals surface area contributed by atoms with Crippen LogP contribution in [0.1, 0.15) is 12.5 Å². The minimum Gasteiger partial charge on any atom is -0.394 e. The van der Waals surface area contributed by atoms with Gasteiger partial charge in [0.25, 0.3) is 0 Å². The molecule has 0 spiro atoms. The molecule has 5 heteroatoms. The molecule has 0 bridgehead atoms. The topological polar surface area (TPSA) is 52.5 Å². The van der Waals surface area contributed by atoms with Crippen LogP contribution in [0.5, 0.6) is 0 Å². The first-order valence-corrected chi connectivity index (χ1v) is 9.17. The molecule has 4 rings (SSSR count). The van der Waals surface area contributed by atoms with Gasteiger partial charge < -0.3 is 15.5 Å². The number of aliphatic hydroxyl groups excluding tert-OH is 2. The molecule has 0 saturated carbocycles. The van der Waals surface area contributed by atoms with E-state index in [0.717, 1.165) is 10.0 Å². The van der Waals surface area contributed by atoms with E-state index in [1.54, 1.807) is 0 Å². The largest absolute Gasteiger partial charge is 0.394 e. The van der Waals surface area contributed by atoms with Gasteiger partial charge in [-0.05, 0) is 50.9 Å². The molecule has 3 N–H and O–H groups in total. The first-order valence-electron chi connectivity index (χ1n) is 8.38. The fourth-order valence-electron chi connectivity index (χ4n) is 3.45. The third-order valence-corrected chi connectivity index (χ3v) is 5.80. The minimum absolute atomic E-state index is 0. The molecule has 3 nitrogen and oxygen atoms in total. The van der Waals surface area contributed by atoms with Crippen LogP contribution in [0.3, 0.4) is 0 Å². The molecule has 4 aromatic rings. The van der Waals surface area contributed by atoms with Gasteiger partial charge >= 0.3 is 0 Å². The van der Waals surface area contributed by atoms with Gasteiger partial charge in [-0.3, -0.25) is 0 Å². The van der Waals surface area contributed by atoms with Crippen LogP contribution in [0, 0.1) is 0 Å². The second kappa shape index (κ2) is 7.29. The maximum absolute atomic E-state index is 9.50. The molecule has 4 aromatic carbocycles. The van der Waals surface area contributed by atoms with E-state index < -0.39 is 5.54 Å². The average Bonchev–Trinajstić information content (AvgIpc) is 2.66. The molecule has 0 fully saturated rings. The Balaban J connectivity index is 0.00000196. The first kappa shape index (κ1) is 19.3. The van der Waals surface area contributed by atoms with Crippen LogP contribution in [0.2, 0.25) is 0 Å². The summed E-state index contributed by atoms with van der Waals surface area (Å²) in [6.07, 6.45) is 0. The van der Waals surface area contributed by atoms with Crippen molar-refractivity contribution in [3.05, 3.63) is 58.6 Å². The molecule has 0 saturated heterocycles. The third kappa shape index (κ3) is 3.06. The van der Waals surface area contributed by atoms with Gasteiger partial charge in [0.15, 0.2) is 0 Å². The van der Waals surface area contributed by atoms with E-state index >= 15 is 0 Å². The van der Waals surface area contributed by atoms with Gasteiger partial charge in [-0.1, -0.05) is 58.4 Å². The van der Waals surface area contributed by atoms with Gasteiger partial charge in [-0.2, -0.15) is 0 Å². The second-order valence-electron chi connectivity index (χ2n) is 6.92. The van der Waals surface area contributed by atoms with Crippen molar-refractivity contribution in [2.75, 3.05) is 13.2 Å². The van der Waals surface area contributed by atoms with Crippen LogP contribution in [-0.4, -0.2) is 29.0 Å². The highest BCUT2D eigenvalue weighted by Gasteiger charge is 2.22. The van der Waals surface area contributed by atoms with E-state index in [0.29, 0.717) is 6.54 Å². The molecule has 0 radical (unpaired) electrons. The fourth-order valence-corrected chi connectivity index (χ4v) is 3.91. The number of rotatable bonds is 5. The van der Waals surface area contributed by atoms with E-state index in [2.05, 4.69) is 69.8 Å². The number of halogens is 2. The lowest BCUT2D eigenvalue weighted by Crippen LogP contribution is -2.48. The van der Waals surface area contributed by atoms with Crippen molar-refractivity contribution in [3.63, 3.8) is 0 Å². The van der Waals surface area contributed by atoms with Crippen molar-refractivity contribution in [3.8, 4) is 0 Å². The smallest absolute Gasteiger partial charge is 0.0633 e. The molecule has 0 aliphatic rings. The Kier molecular flexibility index (Phi) is 5.42. The van der Waals surface area contributed by atoms with E-state index in [1.807, 2.05) is 6.92 Å². The molecule has 0 aliphatic heterocycles. The van der Waals surface area contributed by atoms with Gasteiger partial charge in [0.2, 0.25) is 0 Å². The molecule has 0 atom stereocenters. The number of benzene rings is 4. The molecule has 0 aliphatic carbocycles. The lowest BCUT2D eigenvalue weighted by Gasteiger charge is -2.27. The van der Waals surface area contributed by atoms with Crippen LogP contribution >= 0.6 is 28.3 Å². The van der Waals surface area contributed by atoms with Gasteiger partial charge in [0, 0.05) is 11.0 Å². The average molecular weight is 435 g/mol. The monoisotopic (exact) mass is 433 g/mol. The highest BCUT2D eigenvalue weighted by atomic mass is 79.9. The van der Waals surface area contributed by atoms with Crippen molar-refractivity contribution < 1.29 is 10.2 Å². The second-order valence-corrected chi connectivity index (χ2v) is 7.78. The molecule has 0 unspecified atom stereocenters. The highest BCUT2D eigenvalue weighted by molar-refractivity contribution is 9.10. The Bertz CT molecular complexity index is 1060. The summed E-state index contributed by atoms with van der Waals surface area (Å²) >= 11 is 3.67. The van der Waals surface area contributed by atoms with Gasteiger partial charge in [-0.25, -0.2) is 0 Å². The standard InChI is InChI=1S/C21H20BrNO2.ClH/c1-21(11-24,12-25)23-10-15-3-2-13-5-8-17-18(22)9-6-14-4-7-16(15)19(13)20(14)17;/h2-9,23-25H,10-12H2,1H3;1H. The predicted molar refractivity (Wildman–Crippen MR) is 115 cm³/mol. The van der Waals surface area contributed by atoms with E-state index in [-0.39, 0.29) is 25.6 Å². The summed E-state index contributed by atoms with van der Waals surface area (Å²) in [6, 6.07) is 17.2. The van der Waals surface area contributed by atoms with E-state index in [9.17, 15) is 10.2 Å². The molecule has 0 amide bonds. The van der Waals surface area contributed by atoms with Crippen molar-refractivity contribution in [1.29, 1.82) is 0 Å². The van der Waals surface area contributed by atoms with Crippen LogP contribution < -0.4 is 5.32 Å². The minimum atomic E-state index is -0.687. The van der Waals surface area contributed by atoms with Crippen molar-refractivity contribution in [1.82, 2.24) is 5.32 Å². The van der Waals surface area contributed by atoms with Crippen LogP contribution in [0.25, 0.3) is 32.3 Å². The van der Waals surface area contributed by atoms with E-state index in [1.165, 1.54) is 32.3 Å². The maximum Gasteiger partial charge on any atom is 0.0633 e. The normalized spacial score (nSPS) is 12.2. The number of aliphatic hydroxyl groups is 2. The van der Waals surface area contributed by atoms with Gasteiger partial charge in [0.05, 0.1) is 18.8 Å². The zero-order valence-corrected chi connectivity index (χ0v) is 16.8. The highest BCUT2D eigenvalue weighted by Crippen LogP contribution is 2.38. The van der Waals surface area contributed by atoms with Gasteiger partial charge in [-0.15, -0.1) is 12.4 Å². The van der Waals surface area contributed by atoms with Crippen LogP contribution in [0.15, 0.2) is 53.0 Å². The summed E-state index contributed by atoms with van der Waals surface area (Å²) in [4.78, 5) is 0. The Morgan fingerprint density at radius 3 is 2.04 bits per heavy atom. The van der Waals surface area contributed by atoms with E-state index in [4.69, 9.17) is 0 Å². The third-order valence-electron chi connectivity index (χ3n) is 5.11. The van der Waals surface area contributed by atoms with Crippen LogP contribution in [-0.2, 0) is 6.54 Å². The molecule has 0 heterocycles. The van der Waals surface area contributed by atoms with Gasteiger partial charge in [0.1, 0.15) is 0 Å². The fraction of sp³-hybridized carbons (Fsp3) is 0.238. The summed E-state index contributed by atoms with van der Waals surface area (Å²) in [7, 11) is 0. The number of hydrogen-bond donors (Lipinski definition) is 3. The number of nitrogens with one attached hydrogen (secondary N) is 1. The Morgan fingerprint density at radius 2 is 1.38 bits per heavy atom. The van der Waals surface area contributed by atoms with Crippen molar-refractivity contribution in [2.24, 2.45) is 0 Å².